The molecule has 8 heteroatoms. The van der Waals surface area contributed by atoms with Gasteiger partial charge in [0.15, 0.2) is 17.3 Å². The molecule has 0 bridgehead atoms. The lowest BCUT2D eigenvalue weighted by Crippen LogP contribution is -2.11. The number of para-hydroxylation sites is 1. The summed E-state index contributed by atoms with van der Waals surface area (Å²) < 4.78 is 9.50. The van der Waals surface area contributed by atoms with Crippen LogP contribution in [-0.2, 0) is 24.9 Å². The molecule has 0 saturated carbocycles. The average Bonchev–Trinajstić information content (AvgIpc) is 3.61. The number of benzene rings is 2. The van der Waals surface area contributed by atoms with E-state index in [1.54, 1.807) is 12.5 Å². The van der Waals surface area contributed by atoms with Gasteiger partial charge in [-0.2, -0.15) is 10.1 Å². The Morgan fingerprint density at radius 2 is 1.83 bits per heavy atom. The van der Waals surface area contributed by atoms with Crippen LogP contribution in [0.1, 0.15) is 48.9 Å². The largest absolute Gasteiger partial charge is 0.336 e. The van der Waals surface area contributed by atoms with Crippen molar-refractivity contribution in [3.63, 3.8) is 0 Å². The van der Waals surface area contributed by atoms with Crippen molar-refractivity contribution >= 4 is 16.7 Å². The molecule has 5 aromatic rings. The predicted molar refractivity (Wildman–Crippen MR) is 133 cm³/mol. The highest BCUT2D eigenvalue weighted by Crippen LogP contribution is 2.27. The number of nitrogens with zero attached hydrogens (tertiary/aromatic N) is 6. The lowest BCUT2D eigenvalue weighted by Gasteiger charge is -2.18. The molecule has 35 heavy (non-hydrogen) atoms. The number of rotatable bonds is 8. The molecule has 0 aliphatic heterocycles. The van der Waals surface area contributed by atoms with Gasteiger partial charge < -0.3 is 9.09 Å². The molecule has 0 spiro atoms. The molecular weight excluding hydrogens is 440 g/mol. The van der Waals surface area contributed by atoms with Crippen LogP contribution in [0.4, 0.5) is 0 Å². The maximum atomic E-state index is 12.7. The van der Waals surface area contributed by atoms with Crippen LogP contribution in [0.5, 0.6) is 0 Å². The molecule has 0 fully saturated rings. The number of hydrogen-bond donors (Lipinski definition) is 0. The second-order valence-electron chi connectivity index (χ2n) is 9.66. The fraction of sp³-hybridized carbons (Fsp3) is 0.296. The summed E-state index contributed by atoms with van der Waals surface area (Å²) in [4.78, 5) is 21.3. The lowest BCUT2D eigenvalue weighted by molar-refractivity contribution is 0.0982. The van der Waals surface area contributed by atoms with E-state index in [2.05, 4.69) is 35.9 Å². The fourth-order valence-electron chi connectivity index (χ4n) is 4.06. The number of imidazole rings is 1. The van der Waals surface area contributed by atoms with Crippen molar-refractivity contribution in [1.29, 1.82) is 0 Å². The summed E-state index contributed by atoms with van der Waals surface area (Å²) in [5.41, 5.74) is 3.60. The van der Waals surface area contributed by atoms with Gasteiger partial charge in [-0.05, 0) is 17.0 Å². The third kappa shape index (κ3) is 4.91. The molecule has 0 saturated heterocycles. The van der Waals surface area contributed by atoms with Crippen LogP contribution >= 0.6 is 0 Å². The molecule has 0 aliphatic carbocycles. The molecule has 5 rings (SSSR count). The zero-order valence-corrected chi connectivity index (χ0v) is 20.2. The minimum Gasteiger partial charge on any atom is -0.336 e. The van der Waals surface area contributed by atoms with Gasteiger partial charge in [0.25, 0.3) is 5.89 Å². The van der Waals surface area contributed by atoms with Crippen molar-refractivity contribution in [3.8, 4) is 11.6 Å². The minimum atomic E-state index is 0.0548. The molecule has 0 N–H and O–H groups in total. The monoisotopic (exact) mass is 468 g/mol. The van der Waals surface area contributed by atoms with E-state index in [1.165, 1.54) is 5.56 Å². The van der Waals surface area contributed by atoms with Gasteiger partial charge in [0.2, 0.25) is 0 Å². The number of carbonyl (C=O) groups excluding carboxylic acids is 1. The molecule has 2 aromatic carbocycles. The number of ketones is 1. The van der Waals surface area contributed by atoms with Gasteiger partial charge in [0.1, 0.15) is 0 Å². The zero-order chi connectivity index (χ0) is 24.4. The molecular formula is C27H28N6O2. The number of hydrogen-bond acceptors (Lipinski definition) is 6. The van der Waals surface area contributed by atoms with Gasteiger partial charge in [-0.25, -0.2) is 4.98 Å². The van der Waals surface area contributed by atoms with Gasteiger partial charge in [-0.3, -0.25) is 9.48 Å². The Morgan fingerprint density at radius 1 is 1.03 bits per heavy atom. The van der Waals surface area contributed by atoms with Crippen LogP contribution in [0.3, 0.4) is 0 Å². The molecule has 0 unspecified atom stereocenters. The standard InChI is InChI=1S/C27H28N6O2/c1-27(2,3)20-10-8-19(9-11-20)23(34)12-13-24-29-26(35-31-24)25-21-6-4-5-7-22(21)33(30-25)17-16-32-15-14-28-18-32/h4-11,14-15,18H,12-13,16-17H2,1-3H3. The number of fused-ring (bicyclic) bond motifs is 1. The number of Topliss-reactive ketones (excluding diaryl/α,β-unsaturated/α-hetero) is 1. The summed E-state index contributed by atoms with van der Waals surface area (Å²) in [6.07, 6.45) is 6.20. The van der Waals surface area contributed by atoms with Gasteiger partial charge in [-0.15, -0.1) is 0 Å². The van der Waals surface area contributed by atoms with Crippen LogP contribution in [0.15, 0.2) is 71.8 Å². The first-order valence-electron chi connectivity index (χ1n) is 11.8. The van der Waals surface area contributed by atoms with Gasteiger partial charge in [0, 0.05) is 42.7 Å². The van der Waals surface area contributed by atoms with Gasteiger partial charge >= 0.3 is 0 Å². The summed E-state index contributed by atoms with van der Waals surface area (Å²) in [5.74, 6) is 0.919. The highest BCUT2D eigenvalue weighted by molar-refractivity contribution is 5.96. The van der Waals surface area contributed by atoms with Crippen LogP contribution < -0.4 is 0 Å². The third-order valence-corrected chi connectivity index (χ3v) is 6.11. The maximum Gasteiger partial charge on any atom is 0.279 e. The van der Waals surface area contributed by atoms with E-state index in [4.69, 9.17) is 9.62 Å². The third-order valence-electron chi connectivity index (χ3n) is 6.11. The van der Waals surface area contributed by atoms with E-state index in [9.17, 15) is 4.79 Å². The zero-order valence-electron chi connectivity index (χ0n) is 20.2. The van der Waals surface area contributed by atoms with E-state index in [-0.39, 0.29) is 11.2 Å². The summed E-state index contributed by atoms with van der Waals surface area (Å²) in [6.45, 7) is 7.90. The number of carbonyl (C=O) groups is 1. The summed E-state index contributed by atoms with van der Waals surface area (Å²) in [6, 6.07) is 15.8. The molecule has 0 aliphatic rings. The van der Waals surface area contributed by atoms with E-state index in [1.807, 2.05) is 64.0 Å². The molecule has 178 valence electrons. The van der Waals surface area contributed by atoms with E-state index >= 15 is 0 Å². The SMILES string of the molecule is CC(C)(C)c1ccc(C(=O)CCc2noc(-c3nn(CCn4ccnc4)c4ccccc34)n2)cc1. The topological polar surface area (TPSA) is 91.6 Å². The Bertz CT molecular complexity index is 1440. The number of aryl methyl sites for hydroxylation is 3. The second-order valence-corrected chi connectivity index (χ2v) is 9.66. The highest BCUT2D eigenvalue weighted by atomic mass is 16.5. The van der Waals surface area contributed by atoms with E-state index < -0.39 is 0 Å². The molecule has 8 nitrogen and oxygen atoms in total. The Labute approximate surface area is 203 Å². The van der Waals surface area contributed by atoms with Crippen molar-refractivity contribution in [2.45, 2.75) is 52.1 Å². The Kier molecular flexibility index (Phi) is 6.03. The van der Waals surface area contributed by atoms with Crippen LogP contribution in [-0.4, -0.2) is 35.3 Å². The normalized spacial score (nSPS) is 11.9. The summed E-state index contributed by atoms with van der Waals surface area (Å²) >= 11 is 0. The first-order chi connectivity index (χ1) is 16.9. The quantitative estimate of drug-likeness (QED) is 0.294. The van der Waals surface area contributed by atoms with Crippen LogP contribution in [0.2, 0.25) is 0 Å². The van der Waals surface area contributed by atoms with E-state index in [0.29, 0.717) is 42.4 Å². The van der Waals surface area contributed by atoms with Gasteiger partial charge in [-0.1, -0.05) is 68.4 Å². The van der Waals surface area contributed by atoms with Crippen molar-refractivity contribution in [3.05, 3.63) is 84.2 Å². The van der Waals surface area contributed by atoms with Crippen molar-refractivity contribution in [1.82, 2.24) is 29.5 Å². The smallest absolute Gasteiger partial charge is 0.279 e. The highest BCUT2D eigenvalue weighted by Gasteiger charge is 2.19. The molecule has 3 heterocycles. The fourth-order valence-corrected chi connectivity index (χ4v) is 4.06. The average molecular weight is 469 g/mol. The van der Waals surface area contributed by atoms with Crippen LogP contribution in [0.25, 0.3) is 22.5 Å². The molecule has 3 aromatic heterocycles. The second kappa shape index (κ2) is 9.29. The number of aromatic nitrogens is 6. The summed E-state index contributed by atoms with van der Waals surface area (Å²) in [5, 5.41) is 9.82. The van der Waals surface area contributed by atoms with Crippen LogP contribution in [0, 0.1) is 0 Å². The Balaban J connectivity index is 1.29. The lowest BCUT2D eigenvalue weighted by atomic mass is 9.86. The first kappa shape index (κ1) is 22.7. The molecule has 0 amide bonds. The van der Waals surface area contributed by atoms with Crippen molar-refractivity contribution < 1.29 is 9.32 Å². The van der Waals surface area contributed by atoms with Crippen molar-refractivity contribution in [2.75, 3.05) is 0 Å². The van der Waals surface area contributed by atoms with E-state index in [0.717, 1.165) is 17.4 Å². The first-order valence-corrected chi connectivity index (χ1v) is 11.8. The summed E-state index contributed by atoms with van der Waals surface area (Å²) in [7, 11) is 0. The Hall–Kier alpha value is -4.07. The minimum absolute atomic E-state index is 0.0548. The maximum absolute atomic E-state index is 12.7. The van der Waals surface area contributed by atoms with Gasteiger partial charge in [0.05, 0.1) is 18.4 Å². The molecule has 0 radical (unpaired) electrons. The predicted octanol–water partition coefficient (Wildman–Crippen LogP) is 5.10. The Morgan fingerprint density at radius 3 is 2.57 bits per heavy atom. The van der Waals surface area contributed by atoms with Crippen molar-refractivity contribution in [2.24, 2.45) is 0 Å². The molecule has 0 atom stereocenters.